The topological polar surface area (TPSA) is 182 Å². The molecule has 0 aliphatic heterocycles. The third-order valence-corrected chi connectivity index (χ3v) is 9.47. The molecule has 2 aliphatic carbocycles. The molecule has 0 unspecified atom stereocenters. The Bertz CT molecular complexity index is 2610. The van der Waals surface area contributed by atoms with Crippen LogP contribution in [0.1, 0.15) is 22.3 Å². The molecule has 0 spiro atoms. The number of Topliss-reactive ketones (excluding diaryl/α,β-unsaturated/α-hetero) is 2. The Kier molecular flexibility index (Phi) is 16.2. The van der Waals surface area contributed by atoms with E-state index in [0.29, 0.717) is 43.7 Å². The summed E-state index contributed by atoms with van der Waals surface area (Å²) in [7, 11) is 0. The monoisotopic (exact) mass is 913 g/mol. The summed E-state index contributed by atoms with van der Waals surface area (Å²) < 4.78 is 0. The molecule has 6 N–H and O–H groups in total. The number of benzene rings is 6. The average molecular weight is 915 g/mol. The van der Waals surface area contributed by atoms with Crippen molar-refractivity contribution in [2.75, 3.05) is 21.5 Å². The Morgan fingerprint density at radius 2 is 0.855 bits per heavy atom. The average Bonchev–Trinajstić information content (AvgIpc) is 3.25. The standard InChI is InChI=1S/2C23H16ClN3O3.Fe.Na/c2*24-15-10-11-20(28)19(13-15)26-27-21-17-9-5-4-6-14(17)12-18(22(21)29)23(30)25-16-7-2-1-3-8-16;;/h2*1-13,26,28H,(H,25,30);;/q;;;+1. The van der Waals surface area contributed by atoms with Gasteiger partial charge in [0, 0.05) is 49.6 Å². The molecule has 8 rings (SSSR count). The molecule has 0 atom stereocenters. The summed E-state index contributed by atoms with van der Waals surface area (Å²) in [5.41, 5.74) is 9.58. The molecule has 62 heavy (non-hydrogen) atoms. The molecule has 0 aromatic heterocycles. The van der Waals surface area contributed by atoms with Crippen LogP contribution >= 0.6 is 23.2 Å². The summed E-state index contributed by atoms with van der Waals surface area (Å²) in [4.78, 5) is 51.8. The van der Waals surface area contributed by atoms with Gasteiger partial charge in [0.15, 0.2) is 0 Å². The smallest absolute Gasteiger partial charge is 0.506 e. The number of aromatic hydroxyl groups is 2. The molecule has 2 amide bonds. The molecule has 6 aromatic carbocycles. The first-order valence-corrected chi connectivity index (χ1v) is 18.9. The van der Waals surface area contributed by atoms with Gasteiger partial charge in [0.2, 0.25) is 11.6 Å². The van der Waals surface area contributed by atoms with E-state index in [4.69, 9.17) is 23.2 Å². The summed E-state index contributed by atoms with van der Waals surface area (Å²) in [6.45, 7) is 0. The van der Waals surface area contributed by atoms with Crippen molar-refractivity contribution in [1.29, 1.82) is 0 Å². The van der Waals surface area contributed by atoms with Gasteiger partial charge in [0.25, 0.3) is 11.8 Å². The van der Waals surface area contributed by atoms with Crippen molar-refractivity contribution < 1.29 is 76.0 Å². The Hall–Kier alpha value is -6.28. The SMILES string of the molecule is O=C(Nc1ccccc1)C1=Cc2ccccc2C(=NNc2cc(Cl)ccc2O)C1=O.O=C(Nc1ccccc1)C1=Cc2ccccc2C(=NNc2cc(Cl)ccc2O)C1=O.[Fe].[Na+]. The van der Waals surface area contributed by atoms with E-state index in [0.717, 1.165) is 0 Å². The summed E-state index contributed by atoms with van der Waals surface area (Å²) in [6.07, 6.45) is 3.09. The molecule has 6 aromatic rings. The van der Waals surface area contributed by atoms with E-state index in [2.05, 4.69) is 31.7 Å². The van der Waals surface area contributed by atoms with Crippen LogP contribution in [0.3, 0.4) is 0 Å². The summed E-state index contributed by atoms with van der Waals surface area (Å²) in [5, 5.41) is 34.6. The number of anilines is 4. The number of carbonyl (C=O) groups is 4. The van der Waals surface area contributed by atoms with Crippen molar-refractivity contribution in [3.8, 4) is 11.5 Å². The molecule has 0 radical (unpaired) electrons. The minimum atomic E-state index is -0.531. The second-order valence-electron chi connectivity index (χ2n) is 13.1. The van der Waals surface area contributed by atoms with Crippen LogP contribution in [0.25, 0.3) is 12.2 Å². The number of carbonyl (C=O) groups excluding carboxylic acids is 4. The predicted octanol–water partition coefficient (Wildman–Crippen LogP) is 5.93. The van der Waals surface area contributed by atoms with Crippen LogP contribution in [0, 0.1) is 0 Å². The number of rotatable bonds is 8. The molecule has 12 nitrogen and oxygen atoms in total. The Labute approximate surface area is 398 Å². The summed E-state index contributed by atoms with van der Waals surface area (Å²) in [6, 6.07) is 40.9. The van der Waals surface area contributed by atoms with E-state index < -0.39 is 23.4 Å². The van der Waals surface area contributed by atoms with Crippen LogP contribution in [0.5, 0.6) is 11.5 Å². The minimum Gasteiger partial charge on any atom is -0.506 e. The molecule has 16 heteroatoms. The van der Waals surface area contributed by atoms with Crippen molar-refractivity contribution in [1.82, 2.24) is 0 Å². The van der Waals surface area contributed by atoms with E-state index in [1.807, 2.05) is 24.3 Å². The van der Waals surface area contributed by atoms with Gasteiger partial charge in [0.1, 0.15) is 22.9 Å². The summed E-state index contributed by atoms with van der Waals surface area (Å²) in [5.74, 6) is -2.26. The van der Waals surface area contributed by atoms with E-state index in [-0.39, 0.29) is 92.1 Å². The first kappa shape index (κ1) is 46.8. The number of amides is 2. The van der Waals surface area contributed by atoms with Crippen LogP contribution in [-0.4, -0.2) is 45.0 Å². The van der Waals surface area contributed by atoms with Gasteiger partial charge in [-0.2, -0.15) is 10.2 Å². The largest absolute Gasteiger partial charge is 1.00 e. The normalized spacial score (nSPS) is 13.6. The van der Waals surface area contributed by atoms with Crippen molar-refractivity contribution in [2.24, 2.45) is 10.2 Å². The quantitative estimate of drug-likeness (QED) is 0.0470. The van der Waals surface area contributed by atoms with Gasteiger partial charge in [-0.3, -0.25) is 30.0 Å². The molecule has 0 saturated heterocycles. The zero-order chi connectivity index (χ0) is 42.2. The third kappa shape index (κ3) is 11.1. The molecule has 2 aliphatic rings. The fourth-order valence-corrected chi connectivity index (χ4v) is 6.39. The van der Waals surface area contributed by atoms with E-state index in [9.17, 15) is 29.4 Å². The van der Waals surface area contributed by atoms with Gasteiger partial charge in [-0.05, 0) is 83.9 Å². The van der Waals surface area contributed by atoms with Crippen LogP contribution in [0.15, 0.2) is 167 Å². The van der Waals surface area contributed by atoms with Crippen molar-refractivity contribution in [2.45, 2.75) is 0 Å². The predicted molar refractivity (Wildman–Crippen MR) is 236 cm³/mol. The zero-order valence-electron chi connectivity index (χ0n) is 32.5. The maximum atomic E-state index is 13.1. The Morgan fingerprint density at radius 1 is 0.500 bits per heavy atom. The summed E-state index contributed by atoms with van der Waals surface area (Å²) >= 11 is 11.9. The second-order valence-corrected chi connectivity index (χ2v) is 13.9. The van der Waals surface area contributed by atoms with E-state index in [1.54, 1.807) is 97.1 Å². The van der Waals surface area contributed by atoms with Gasteiger partial charge >= 0.3 is 29.6 Å². The third-order valence-electron chi connectivity index (χ3n) is 9.00. The van der Waals surface area contributed by atoms with E-state index >= 15 is 0 Å². The molecule has 0 saturated carbocycles. The van der Waals surface area contributed by atoms with Gasteiger partial charge in [-0.25, -0.2) is 0 Å². The second kappa shape index (κ2) is 21.5. The molecule has 0 fully saturated rings. The number of ketones is 2. The number of hydrazone groups is 2. The number of phenols is 2. The number of halogens is 2. The maximum absolute atomic E-state index is 13.1. The van der Waals surface area contributed by atoms with Gasteiger partial charge in [-0.15, -0.1) is 0 Å². The molecule has 0 bridgehead atoms. The number of nitrogens with one attached hydrogen (secondary N) is 4. The van der Waals surface area contributed by atoms with Crippen molar-refractivity contribution in [3.63, 3.8) is 0 Å². The van der Waals surface area contributed by atoms with Crippen LogP contribution in [0.4, 0.5) is 22.7 Å². The number of fused-ring (bicyclic) bond motifs is 2. The zero-order valence-corrected chi connectivity index (χ0v) is 37.2. The molecular weight excluding hydrogens is 882 g/mol. The fraction of sp³-hybridized carbons (Fsp3) is 0. The van der Waals surface area contributed by atoms with Gasteiger partial charge < -0.3 is 20.8 Å². The molecule has 304 valence electrons. The van der Waals surface area contributed by atoms with Crippen molar-refractivity contribution >= 4 is 92.9 Å². The number of hydrogen-bond acceptors (Lipinski definition) is 10. The Balaban J connectivity index is 0.000000227. The fourth-order valence-electron chi connectivity index (χ4n) is 6.05. The van der Waals surface area contributed by atoms with Gasteiger partial charge in [-0.1, -0.05) is 108 Å². The van der Waals surface area contributed by atoms with Crippen LogP contribution in [-0.2, 0) is 36.2 Å². The number of nitrogens with zero attached hydrogens (tertiary/aromatic N) is 2. The maximum Gasteiger partial charge on any atom is 1.00 e. The van der Waals surface area contributed by atoms with Crippen LogP contribution in [0.2, 0.25) is 10.0 Å². The molecule has 0 heterocycles. The number of hydrogen-bond donors (Lipinski definition) is 6. The van der Waals surface area contributed by atoms with Crippen LogP contribution < -0.4 is 51.0 Å². The molecular formula is C46H32Cl2FeN6NaO6+. The van der Waals surface area contributed by atoms with Gasteiger partial charge in [0.05, 0.1) is 22.5 Å². The number of phenolic OH excluding ortho intramolecular Hbond substituents is 2. The Morgan fingerprint density at radius 3 is 1.24 bits per heavy atom. The first-order valence-electron chi connectivity index (χ1n) is 18.1. The van der Waals surface area contributed by atoms with Crippen molar-refractivity contribution in [3.05, 3.63) is 189 Å². The first-order chi connectivity index (χ1) is 29.0. The van der Waals surface area contributed by atoms with E-state index in [1.165, 1.54) is 36.4 Å². The number of para-hydroxylation sites is 2. The minimum absolute atomic E-state index is 0.